The van der Waals surface area contributed by atoms with Crippen LogP contribution < -0.4 is 31.3 Å². The fraction of sp³-hybridized carbons (Fsp3) is 0.348. The second-order valence-electron chi connectivity index (χ2n) is 7.86. The summed E-state index contributed by atoms with van der Waals surface area (Å²) < 4.78 is 5.15. The number of ether oxygens (including phenoxy) is 1. The number of hydrogen-bond acceptors (Lipinski definition) is 6. The summed E-state index contributed by atoms with van der Waals surface area (Å²) in [4.78, 5) is 38.4. The third-order valence-corrected chi connectivity index (χ3v) is 5.84. The number of aryl methyl sites for hydroxylation is 1. The SMILES string of the molecule is CCc1ccccc1NC(=O)C1CC(=O)NC2NC(Nc3ccc(OC)cc3)NC(=O)C21. The number of piperidine rings is 1. The average molecular weight is 438 g/mol. The highest BCUT2D eigenvalue weighted by Crippen LogP contribution is 2.29. The van der Waals surface area contributed by atoms with Gasteiger partial charge < -0.3 is 26.0 Å². The van der Waals surface area contributed by atoms with Gasteiger partial charge in [0.1, 0.15) is 5.75 Å². The number of benzene rings is 2. The molecule has 0 aliphatic carbocycles. The standard InChI is InChI=1S/C23H27N5O4/c1-3-13-6-4-5-7-17(13)25-21(30)16-12-18(29)26-20-19(16)22(31)28-23(27-20)24-14-8-10-15(32-2)11-9-14/h4-11,16,19-20,23-24,27H,3,12H2,1-2H3,(H,25,30)(H,26,29)(H,28,31). The molecule has 2 heterocycles. The third-order valence-electron chi connectivity index (χ3n) is 5.84. The Hall–Kier alpha value is -3.59. The summed E-state index contributed by atoms with van der Waals surface area (Å²) in [6.45, 7) is 2.00. The van der Waals surface area contributed by atoms with Crippen molar-refractivity contribution in [2.45, 2.75) is 32.2 Å². The summed E-state index contributed by atoms with van der Waals surface area (Å²) in [5.41, 5.74) is 2.45. The normalized spacial score (nSPS) is 24.6. The lowest BCUT2D eigenvalue weighted by Gasteiger charge is -2.43. The maximum absolute atomic E-state index is 13.1. The van der Waals surface area contributed by atoms with E-state index in [0.717, 1.165) is 17.7 Å². The van der Waals surface area contributed by atoms with Gasteiger partial charge >= 0.3 is 0 Å². The summed E-state index contributed by atoms with van der Waals surface area (Å²) in [5, 5.41) is 14.9. The molecular formula is C23H27N5O4. The topological polar surface area (TPSA) is 121 Å². The first-order valence-corrected chi connectivity index (χ1v) is 10.6. The van der Waals surface area contributed by atoms with E-state index in [1.165, 1.54) is 0 Å². The zero-order chi connectivity index (χ0) is 22.7. The Balaban J connectivity index is 1.47. The second-order valence-corrected chi connectivity index (χ2v) is 7.86. The van der Waals surface area contributed by atoms with Gasteiger partial charge in [0.25, 0.3) is 0 Å². The number of anilines is 2. The molecule has 4 rings (SSSR count). The number of rotatable bonds is 6. The first kappa shape index (κ1) is 21.6. The van der Waals surface area contributed by atoms with Crippen molar-refractivity contribution in [3.05, 3.63) is 54.1 Å². The molecule has 9 nitrogen and oxygen atoms in total. The molecule has 2 aliphatic rings. The van der Waals surface area contributed by atoms with E-state index < -0.39 is 24.3 Å². The van der Waals surface area contributed by atoms with Gasteiger partial charge in [0.15, 0.2) is 6.29 Å². The molecule has 2 saturated heterocycles. The highest BCUT2D eigenvalue weighted by atomic mass is 16.5. The summed E-state index contributed by atoms with van der Waals surface area (Å²) in [7, 11) is 1.59. The molecule has 0 spiro atoms. The highest BCUT2D eigenvalue weighted by molar-refractivity contribution is 6.00. The highest BCUT2D eigenvalue weighted by Gasteiger charge is 2.48. The van der Waals surface area contributed by atoms with E-state index in [-0.39, 0.29) is 24.1 Å². The lowest BCUT2D eigenvalue weighted by Crippen LogP contribution is -2.72. The molecule has 3 amide bonds. The van der Waals surface area contributed by atoms with E-state index in [1.54, 1.807) is 19.2 Å². The molecule has 0 saturated carbocycles. The molecule has 2 fully saturated rings. The van der Waals surface area contributed by atoms with Gasteiger partial charge in [0, 0.05) is 17.8 Å². The quantitative estimate of drug-likeness (QED) is 0.466. The number of nitrogens with one attached hydrogen (secondary N) is 5. The van der Waals surface area contributed by atoms with E-state index in [9.17, 15) is 14.4 Å². The van der Waals surface area contributed by atoms with Gasteiger partial charge in [-0.05, 0) is 42.3 Å². The molecule has 32 heavy (non-hydrogen) atoms. The Bertz CT molecular complexity index is 1010. The van der Waals surface area contributed by atoms with Crippen LogP contribution in [0.1, 0.15) is 18.9 Å². The zero-order valence-corrected chi connectivity index (χ0v) is 18.0. The van der Waals surface area contributed by atoms with Crippen molar-refractivity contribution in [3.63, 3.8) is 0 Å². The molecule has 168 valence electrons. The lowest BCUT2D eigenvalue weighted by atomic mass is 9.81. The predicted molar refractivity (Wildman–Crippen MR) is 120 cm³/mol. The molecule has 4 unspecified atom stereocenters. The van der Waals surface area contributed by atoms with E-state index in [1.807, 2.05) is 43.3 Å². The molecule has 2 aliphatic heterocycles. The Morgan fingerprint density at radius 1 is 1.09 bits per heavy atom. The molecule has 9 heteroatoms. The monoisotopic (exact) mass is 437 g/mol. The van der Waals surface area contributed by atoms with Crippen LogP contribution in [0.4, 0.5) is 11.4 Å². The molecule has 2 aromatic rings. The number of amides is 3. The fourth-order valence-electron chi connectivity index (χ4n) is 4.18. The van der Waals surface area contributed by atoms with Crippen LogP contribution in [0.2, 0.25) is 0 Å². The smallest absolute Gasteiger partial charge is 0.229 e. The number of methoxy groups -OCH3 is 1. The summed E-state index contributed by atoms with van der Waals surface area (Å²) in [6, 6.07) is 14.8. The molecule has 0 radical (unpaired) electrons. The Morgan fingerprint density at radius 3 is 2.56 bits per heavy atom. The van der Waals surface area contributed by atoms with Crippen molar-refractivity contribution >= 4 is 29.1 Å². The van der Waals surface area contributed by atoms with Crippen molar-refractivity contribution in [1.29, 1.82) is 0 Å². The summed E-state index contributed by atoms with van der Waals surface area (Å²) in [6.07, 6.45) is -0.570. The van der Waals surface area contributed by atoms with Crippen molar-refractivity contribution in [2.24, 2.45) is 11.8 Å². The minimum absolute atomic E-state index is 0.0486. The van der Waals surface area contributed by atoms with Crippen molar-refractivity contribution in [3.8, 4) is 5.75 Å². The van der Waals surface area contributed by atoms with Gasteiger partial charge in [0.2, 0.25) is 17.7 Å². The lowest BCUT2D eigenvalue weighted by molar-refractivity contribution is -0.144. The number of hydrogen-bond donors (Lipinski definition) is 5. The minimum atomic E-state index is -0.784. The van der Waals surface area contributed by atoms with Gasteiger partial charge in [-0.25, -0.2) is 0 Å². The molecule has 0 bridgehead atoms. The maximum Gasteiger partial charge on any atom is 0.229 e. The summed E-state index contributed by atoms with van der Waals surface area (Å²) in [5.74, 6) is -1.71. The molecule has 4 atom stereocenters. The maximum atomic E-state index is 13.1. The number of carbonyl (C=O) groups is 3. The van der Waals surface area contributed by atoms with Gasteiger partial charge in [0.05, 0.1) is 25.1 Å². The van der Waals surface area contributed by atoms with E-state index in [0.29, 0.717) is 11.4 Å². The second kappa shape index (κ2) is 9.27. The van der Waals surface area contributed by atoms with Crippen LogP contribution in [0, 0.1) is 11.8 Å². The first-order valence-electron chi connectivity index (χ1n) is 10.6. The first-order chi connectivity index (χ1) is 15.5. The van der Waals surface area contributed by atoms with Crippen molar-refractivity contribution < 1.29 is 19.1 Å². The van der Waals surface area contributed by atoms with E-state index in [4.69, 9.17) is 4.74 Å². The van der Waals surface area contributed by atoms with Gasteiger partial charge in [-0.2, -0.15) is 0 Å². The van der Waals surface area contributed by atoms with Crippen LogP contribution in [0.3, 0.4) is 0 Å². The Kier molecular flexibility index (Phi) is 6.27. The Labute approximate surface area is 186 Å². The summed E-state index contributed by atoms with van der Waals surface area (Å²) >= 11 is 0. The van der Waals surface area contributed by atoms with Crippen LogP contribution >= 0.6 is 0 Å². The minimum Gasteiger partial charge on any atom is -0.497 e. The average Bonchev–Trinajstić information content (AvgIpc) is 2.79. The molecular weight excluding hydrogens is 410 g/mol. The zero-order valence-electron chi connectivity index (χ0n) is 18.0. The van der Waals surface area contributed by atoms with E-state index >= 15 is 0 Å². The molecule has 0 aromatic heterocycles. The molecule has 5 N–H and O–H groups in total. The van der Waals surface area contributed by atoms with E-state index in [2.05, 4.69) is 26.6 Å². The van der Waals surface area contributed by atoms with Crippen LogP contribution in [0.25, 0.3) is 0 Å². The van der Waals surface area contributed by atoms with Gasteiger partial charge in [-0.15, -0.1) is 0 Å². The molecule has 2 aromatic carbocycles. The van der Waals surface area contributed by atoms with Crippen LogP contribution in [-0.4, -0.2) is 37.3 Å². The number of para-hydroxylation sites is 1. The third kappa shape index (κ3) is 4.52. The number of carbonyl (C=O) groups excluding carboxylic acids is 3. The largest absolute Gasteiger partial charge is 0.497 e. The van der Waals surface area contributed by atoms with Gasteiger partial charge in [-0.3, -0.25) is 19.7 Å². The van der Waals surface area contributed by atoms with Crippen LogP contribution in [0.15, 0.2) is 48.5 Å². The van der Waals surface area contributed by atoms with Gasteiger partial charge in [-0.1, -0.05) is 25.1 Å². The Morgan fingerprint density at radius 2 is 1.84 bits per heavy atom. The predicted octanol–water partition coefficient (Wildman–Crippen LogP) is 1.39. The number of fused-ring (bicyclic) bond motifs is 1. The van der Waals surface area contributed by atoms with Crippen LogP contribution in [0.5, 0.6) is 5.75 Å². The van der Waals surface area contributed by atoms with Crippen LogP contribution in [-0.2, 0) is 20.8 Å². The van der Waals surface area contributed by atoms with Crippen molar-refractivity contribution in [1.82, 2.24) is 16.0 Å². The fourth-order valence-corrected chi connectivity index (χ4v) is 4.18. The van der Waals surface area contributed by atoms with Crippen molar-refractivity contribution in [2.75, 3.05) is 17.7 Å².